The Morgan fingerprint density at radius 2 is 1.93 bits per heavy atom. The highest BCUT2D eigenvalue weighted by Gasteiger charge is 2.17. The Morgan fingerprint density at radius 3 is 2.59 bits per heavy atom. The summed E-state index contributed by atoms with van der Waals surface area (Å²) in [4.78, 5) is 28.0. The molecule has 3 aromatic rings. The van der Waals surface area contributed by atoms with Gasteiger partial charge in [0.25, 0.3) is 0 Å². The van der Waals surface area contributed by atoms with E-state index in [4.69, 9.17) is 4.74 Å². The molecule has 0 fully saturated rings. The van der Waals surface area contributed by atoms with E-state index in [-0.39, 0.29) is 24.8 Å². The Bertz CT molecular complexity index is 946. The van der Waals surface area contributed by atoms with Crippen LogP contribution in [0.15, 0.2) is 43.0 Å². The molecular formula is C19H19FN4O3. The quantitative estimate of drug-likeness (QED) is 0.471. The van der Waals surface area contributed by atoms with E-state index in [1.54, 1.807) is 18.2 Å². The highest BCUT2D eigenvalue weighted by molar-refractivity contribution is 5.99. The molecule has 7 nitrogen and oxygen atoms in total. The fourth-order valence-corrected chi connectivity index (χ4v) is 2.82. The third-order valence-electron chi connectivity index (χ3n) is 4.25. The average Bonchev–Trinajstić information content (AvgIpc) is 3.24. The van der Waals surface area contributed by atoms with Crippen LogP contribution in [0, 0.1) is 19.7 Å². The second-order valence-corrected chi connectivity index (χ2v) is 6.17. The van der Waals surface area contributed by atoms with Crippen LogP contribution in [0.2, 0.25) is 0 Å². The van der Waals surface area contributed by atoms with Crippen LogP contribution in [-0.4, -0.2) is 37.7 Å². The molecule has 0 unspecified atom stereocenters. The van der Waals surface area contributed by atoms with Gasteiger partial charge in [0.05, 0.1) is 0 Å². The number of hydrogen-bond acceptors (Lipinski definition) is 5. The molecule has 0 aliphatic heterocycles. The number of benzene rings is 1. The van der Waals surface area contributed by atoms with Gasteiger partial charge in [0.2, 0.25) is 5.78 Å². The molecule has 0 saturated heterocycles. The summed E-state index contributed by atoms with van der Waals surface area (Å²) < 4.78 is 21.4. The van der Waals surface area contributed by atoms with Crippen LogP contribution in [0.25, 0.3) is 0 Å². The summed E-state index contributed by atoms with van der Waals surface area (Å²) in [5.74, 6) is -1.13. The van der Waals surface area contributed by atoms with Gasteiger partial charge in [-0.15, -0.1) is 0 Å². The zero-order valence-corrected chi connectivity index (χ0v) is 15.1. The minimum absolute atomic E-state index is 0.100. The first-order valence-electron chi connectivity index (χ1n) is 8.36. The van der Waals surface area contributed by atoms with Crippen LogP contribution in [-0.2, 0) is 22.6 Å². The number of halogens is 1. The third-order valence-corrected chi connectivity index (χ3v) is 4.25. The monoisotopic (exact) mass is 370 g/mol. The lowest BCUT2D eigenvalue weighted by atomic mass is 10.1. The largest absolute Gasteiger partial charge is 0.456 e. The molecule has 140 valence electrons. The molecule has 1 aromatic carbocycles. The molecule has 0 radical (unpaired) electrons. The van der Waals surface area contributed by atoms with E-state index in [0.29, 0.717) is 12.1 Å². The summed E-state index contributed by atoms with van der Waals surface area (Å²) in [5, 5.41) is 3.81. The Labute approximate surface area is 155 Å². The van der Waals surface area contributed by atoms with Crippen LogP contribution < -0.4 is 0 Å². The second-order valence-electron chi connectivity index (χ2n) is 6.17. The third kappa shape index (κ3) is 4.46. The molecule has 0 spiro atoms. The molecule has 8 heteroatoms. The number of aromatic nitrogens is 4. The zero-order valence-electron chi connectivity index (χ0n) is 15.1. The smallest absolute Gasteiger partial charge is 0.328 e. The molecule has 2 aromatic heterocycles. The molecule has 3 rings (SSSR count). The van der Waals surface area contributed by atoms with Gasteiger partial charge < -0.3 is 9.30 Å². The second kappa shape index (κ2) is 7.94. The normalized spacial score (nSPS) is 10.8. The maximum atomic E-state index is 13.1. The molecule has 0 aliphatic rings. The molecule has 0 aliphatic carbocycles. The van der Waals surface area contributed by atoms with Crippen molar-refractivity contribution in [1.82, 2.24) is 19.3 Å². The lowest BCUT2D eigenvalue weighted by Crippen LogP contribution is -2.19. The topological polar surface area (TPSA) is 79.0 Å². The first kappa shape index (κ1) is 18.5. The minimum Gasteiger partial charge on any atom is -0.456 e. The van der Waals surface area contributed by atoms with Crippen LogP contribution >= 0.6 is 0 Å². The van der Waals surface area contributed by atoms with E-state index in [9.17, 15) is 14.0 Å². The van der Waals surface area contributed by atoms with E-state index in [1.165, 1.54) is 29.5 Å². The predicted octanol–water partition coefficient (Wildman–Crippen LogP) is 2.31. The van der Waals surface area contributed by atoms with Crippen molar-refractivity contribution in [3.63, 3.8) is 0 Å². The fourth-order valence-electron chi connectivity index (χ4n) is 2.82. The van der Waals surface area contributed by atoms with Gasteiger partial charge in [-0.1, -0.05) is 12.1 Å². The SMILES string of the molecule is Cc1cc(C(=O)COC(=O)Cn2cncn2)c(C)n1Cc1ccc(F)cc1. The standard InChI is InChI=1S/C19H19FN4O3/c1-13-7-17(14(2)24(13)8-15-3-5-16(20)6-4-15)18(25)10-27-19(26)9-23-12-21-11-22-23/h3-7,11-12H,8-10H2,1-2H3. The summed E-state index contributed by atoms with van der Waals surface area (Å²) in [5.41, 5.74) is 3.10. The van der Waals surface area contributed by atoms with Crippen molar-refractivity contribution in [1.29, 1.82) is 0 Å². The molecule has 2 heterocycles. The predicted molar refractivity (Wildman–Crippen MR) is 94.7 cm³/mol. The van der Waals surface area contributed by atoms with Gasteiger partial charge in [0, 0.05) is 23.5 Å². The molecule has 27 heavy (non-hydrogen) atoms. The number of hydrogen-bond donors (Lipinski definition) is 0. The number of carbonyl (C=O) groups is 2. The lowest BCUT2D eigenvalue weighted by molar-refractivity contribution is -0.143. The Hall–Kier alpha value is -3.29. The van der Waals surface area contributed by atoms with Crippen molar-refractivity contribution >= 4 is 11.8 Å². The van der Waals surface area contributed by atoms with E-state index in [0.717, 1.165) is 17.0 Å². The molecule has 0 amide bonds. The summed E-state index contributed by atoms with van der Waals surface area (Å²) in [6.07, 6.45) is 2.71. The van der Waals surface area contributed by atoms with Gasteiger partial charge in [-0.3, -0.25) is 9.59 Å². The van der Waals surface area contributed by atoms with Crippen molar-refractivity contribution in [3.8, 4) is 0 Å². The number of Topliss-reactive ketones (excluding diaryl/α,β-unsaturated/α-hetero) is 1. The minimum atomic E-state index is -0.561. The van der Waals surface area contributed by atoms with Crippen LogP contribution in [0.3, 0.4) is 0 Å². The van der Waals surface area contributed by atoms with Crippen molar-refractivity contribution < 1.29 is 18.7 Å². The Morgan fingerprint density at radius 1 is 1.19 bits per heavy atom. The number of ketones is 1. The first-order valence-corrected chi connectivity index (χ1v) is 8.36. The van der Waals surface area contributed by atoms with E-state index in [2.05, 4.69) is 10.1 Å². The molecule has 0 N–H and O–H groups in total. The number of aryl methyl sites for hydroxylation is 1. The van der Waals surface area contributed by atoms with Gasteiger partial charge in [0.1, 0.15) is 25.0 Å². The fraction of sp³-hybridized carbons (Fsp3) is 0.263. The van der Waals surface area contributed by atoms with Crippen molar-refractivity contribution in [3.05, 3.63) is 71.3 Å². The van der Waals surface area contributed by atoms with E-state index in [1.807, 2.05) is 18.4 Å². The number of esters is 1. The van der Waals surface area contributed by atoms with Gasteiger partial charge in [0.15, 0.2) is 6.61 Å². The van der Waals surface area contributed by atoms with Gasteiger partial charge in [-0.2, -0.15) is 5.10 Å². The average molecular weight is 370 g/mol. The van der Waals surface area contributed by atoms with Crippen molar-refractivity contribution in [2.75, 3.05) is 6.61 Å². The molecule has 0 saturated carbocycles. The van der Waals surface area contributed by atoms with E-state index >= 15 is 0 Å². The van der Waals surface area contributed by atoms with Crippen molar-refractivity contribution in [2.24, 2.45) is 0 Å². The highest BCUT2D eigenvalue weighted by Crippen LogP contribution is 2.18. The van der Waals surface area contributed by atoms with Crippen LogP contribution in [0.4, 0.5) is 4.39 Å². The van der Waals surface area contributed by atoms with E-state index < -0.39 is 5.97 Å². The van der Waals surface area contributed by atoms with Gasteiger partial charge in [-0.05, 0) is 37.6 Å². The number of nitrogens with zero attached hydrogens (tertiary/aromatic N) is 4. The summed E-state index contributed by atoms with van der Waals surface area (Å²) in [7, 11) is 0. The molecule has 0 atom stereocenters. The van der Waals surface area contributed by atoms with Crippen LogP contribution in [0.5, 0.6) is 0 Å². The lowest BCUT2D eigenvalue weighted by Gasteiger charge is -2.10. The maximum absolute atomic E-state index is 13.1. The summed E-state index contributed by atoms with van der Waals surface area (Å²) in [6, 6.07) is 8.00. The van der Waals surface area contributed by atoms with Crippen LogP contribution in [0.1, 0.15) is 27.3 Å². The zero-order chi connectivity index (χ0) is 19.4. The Balaban J connectivity index is 1.65. The molecular weight excluding hydrogens is 351 g/mol. The maximum Gasteiger partial charge on any atom is 0.328 e. The van der Waals surface area contributed by atoms with Gasteiger partial charge in [-0.25, -0.2) is 14.1 Å². The molecule has 0 bridgehead atoms. The summed E-state index contributed by atoms with van der Waals surface area (Å²) >= 11 is 0. The number of carbonyl (C=O) groups excluding carboxylic acids is 2. The number of rotatable bonds is 7. The Kier molecular flexibility index (Phi) is 5.44. The highest BCUT2D eigenvalue weighted by atomic mass is 19.1. The van der Waals surface area contributed by atoms with Crippen molar-refractivity contribution in [2.45, 2.75) is 26.9 Å². The first-order chi connectivity index (χ1) is 12.9. The number of ether oxygens (including phenoxy) is 1. The summed E-state index contributed by atoms with van der Waals surface area (Å²) in [6.45, 7) is 3.81. The van der Waals surface area contributed by atoms with Gasteiger partial charge >= 0.3 is 5.97 Å².